The number of hydrogen-bond acceptors (Lipinski definition) is 5. The molecular weight excluding hydrogens is 248 g/mol. The normalized spacial score (nSPS) is 22.3. The van der Waals surface area contributed by atoms with Crippen LogP contribution in [-0.2, 0) is 10.1 Å². The van der Waals surface area contributed by atoms with Crippen LogP contribution in [0, 0.1) is 0 Å². The summed E-state index contributed by atoms with van der Waals surface area (Å²) in [5.41, 5.74) is 0. The molecule has 0 radical (unpaired) electrons. The first-order valence-corrected chi connectivity index (χ1v) is 7.31. The minimum absolute atomic E-state index is 0.0150. The summed E-state index contributed by atoms with van der Waals surface area (Å²) in [5, 5.41) is 22.3. The van der Waals surface area contributed by atoms with Crippen LogP contribution in [0.15, 0.2) is 0 Å². The van der Waals surface area contributed by atoms with E-state index in [0.29, 0.717) is 24.1 Å². The molecule has 0 bridgehead atoms. The molecule has 1 fully saturated rings. The fourth-order valence-electron chi connectivity index (χ4n) is 2.24. The first-order chi connectivity index (χ1) is 7.90. The number of piperazine rings is 1. The highest BCUT2D eigenvalue weighted by atomic mass is 32.2. The maximum atomic E-state index is 10.7. The van der Waals surface area contributed by atoms with E-state index in [0.717, 1.165) is 13.1 Å². The number of nitrogens with zero attached hydrogens (tertiary/aromatic N) is 1. The van der Waals surface area contributed by atoms with E-state index < -0.39 is 22.1 Å². The third-order valence-corrected chi connectivity index (χ3v) is 4.03. The van der Waals surface area contributed by atoms with Gasteiger partial charge in [0.2, 0.25) is 0 Å². The summed E-state index contributed by atoms with van der Waals surface area (Å²) in [4.78, 5) is 0. The Labute approximate surface area is 101 Å². The molecule has 0 aliphatic carbocycles. The fourth-order valence-corrected chi connectivity index (χ4v) is 2.75. The van der Waals surface area contributed by atoms with Gasteiger partial charge >= 0.3 is 0 Å². The van der Waals surface area contributed by atoms with Gasteiger partial charge in [-0.25, -0.2) is 0 Å². The molecule has 1 unspecified atom stereocenters. The Hall–Kier alpha value is -0.250. The monoisotopic (exact) mass is 269 g/mol. The molecule has 1 heterocycles. The van der Waals surface area contributed by atoms with E-state index in [1.165, 1.54) is 0 Å². The van der Waals surface area contributed by atoms with Crippen LogP contribution in [0.3, 0.4) is 0 Å². The van der Waals surface area contributed by atoms with Crippen LogP contribution in [0.1, 0.15) is 6.42 Å². The first-order valence-electron chi connectivity index (χ1n) is 5.70. The van der Waals surface area contributed by atoms with Crippen molar-refractivity contribution >= 4 is 10.1 Å². The average Bonchev–Trinajstić information content (AvgIpc) is 2.26. The van der Waals surface area contributed by atoms with Crippen molar-refractivity contribution in [1.82, 2.24) is 5.32 Å². The number of quaternary nitrogens is 1. The third kappa shape index (κ3) is 4.49. The minimum atomic E-state index is -4.05. The van der Waals surface area contributed by atoms with Gasteiger partial charge in [-0.2, -0.15) is 8.42 Å². The quantitative estimate of drug-likeness (QED) is 0.328. The molecule has 8 heteroatoms. The molecular formula is C9H21N2O5S+. The van der Waals surface area contributed by atoms with Crippen molar-refractivity contribution in [2.24, 2.45) is 0 Å². The molecule has 4 N–H and O–H groups in total. The lowest BCUT2D eigenvalue weighted by atomic mass is 10.2. The number of aliphatic hydroxyl groups excluding tert-OH is 2. The lowest BCUT2D eigenvalue weighted by Crippen LogP contribution is -2.64. The zero-order valence-corrected chi connectivity index (χ0v) is 10.6. The SMILES string of the molecule is O=S(=O)(O)CCC(O)[N+]1(CCO)CCNCC1. The Kier molecular flexibility index (Phi) is 5.29. The van der Waals surface area contributed by atoms with Crippen LogP contribution in [0.2, 0.25) is 0 Å². The summed E-state index contributed by atoms with van der Waals surface area (Å²) >= 11 is 0. The van der Waals surface area contributed by atoms with Gasteiger partial charge in [-0.1, -0.05) is 0 Å². The molecule has 7 nitrogen and oxygen atoms in total. The average molecular weight is 269 g/mol. The summed E-state index contributed by atoms with van der Waals surface area (Å²) < 4.78 is 30.3. The van der Waals surface area contributed by atoms with Crippen LogP contribution in [0.25, 0.3) is 0 Å². The van der Waals surface area contributed by atoms with Crippen LogP contribution in [-0.4, -0.2) is 79.0 Å². The largest absolute Gasteiger partial charge is 0.391 e. The first kappa shape index (κ1) is 14.8. The zero-order chi connectivity index (χ0) is 12.9. The molecule has 1 rings (SSSR count). The number of nitrogens with one attached hydrogen (secondary N) is 1. The van der Waals surface area contributed by atoms with Gasteiger partial charge in [-0.05, 0) is 0 Å². The second-order valence-corrected chi connectivity index (χ2v) is 5.99. The Bertz CT molecular complexity index is 321. The maximum absolute atomic E-state index is 10.7. The smallest absolute Gasteiger partial charge is 0.265 e. The van der Waals surface area contributed by atoms with Gasteiger partial charge in [-0.3, -0.25) is 9.04 Å². The third-order valence-electron chi connectivity index (χ3n) is 3.28. The van der Waals surface area contributed by atoms with E-state index in [4.69, 9.17) is 9.66 Å². The molecule has 1 aliphatic rings. The van der Waals surface area contributed by atoms with Crippen molar-refractivity contribution in [3.63, 3.8) is 0 Å². The fraction of sp³-hybridized carbons (Fsp3) is 1.00. The highest BCUT2D eigenvalue weighted by Crippen LogP contribution is 2.16. The van der Waals surface area contributed by atoms with E-state index >= 15 is 0 Å². The molecule has 17 heavy (non-hydrogen) atoms. The van der Waals surface area contributed by atoms with Crippen LogP contribution in [0.5, 0.6) is 0 Å². The highest BCUT2D eigenvalue weighted by molar-refractivity contribution is 7.85. The van der Waals surface area contributed by atoms with E-state index in [1.807, 2.05) is 0 Å². The van der Waals surface area contributed by atoms with Gasteiger partial charge in [0.05, 0.1) is 25.4 Å². The predicted octanol–water partition coefficient (Wildman–Crippen LogP) is -2.00. The molecule has 0 saturated carbocycles. The van der Waals surface area contributed by atoms with Gasteiger partial charge in [0.1, 0.15) is 6.54 Å². The van der Waals surface area contributed by atoms with E-state index in [1.54, 1.807) is 0 Å². The summed E-state index contributed by atoms with van der Waals surface area (Å²) in [6.45, 7) is 3.09. The van der Waals surface area contributed by atoms with Crippen molar-refractivity contribution in [1.29, 1.82) is 0 Å². The molecule has 102 valence electrons. The minimum Gasteiger partial charge on any atom is -0.391 e. The van der Waals surface area contributed by atoms with Crippen LogP contribution < -0.4 is 5.32 Å². The van der Waals surface area contributed by atoms with Crippen molar-refractivity contribution < 1.29 is 27.7 Å². The Morgan fingerprint density at radius 2 is 1.88 bits per heavy atom. The molecule has 0 aromatic rings. The molecule has 1 saturated heterocycles. The summed E-state index contributed by atoms with van der Waals surface area (Å²) in [6, 6.07) is 0. The Morgan fingerprint density at radius 3 is 2.35 bits per heavy atom. The summed E-state index contributed by atoms with van der Waals surface area (Å²) in [5.74, 6) is -0.451. The lowest BCUT2D eigenvalue weighted by Gasteiger charge is -2.44. The molecule has 0 aromatic heterocycles. The zero-order valence-electron chi connectivity index (χ0n) is 9.75. The molecule has 0 spiro atoms. The van der Waals surface area contributed by atoms with Gasteiger partial charge in [0, 0.05) is 19.5 Å². The predicted molar refractivity (Wildman–Crippen MR) is 61.9 cm³/mol. The second kappa shape index (κ2) is 6.07. The number of hydrogen-bond donors (Lipinski definition) is 4. The van der Waals surface area contributed by atoms with Gasteiger partial charge in [0.25, 0.3) is 10.1 Å². The van der Waals surface area contributed by atoms with Gasteiger partial charge in [-0.15, -0.1) is 0 Å². The van der Waals surface area contributed by atoms with Crippen molar-refractivity contribution in [2.75, 3.05) is 45.1 Å². The van der Waals surface area contributed by atoms with E-state index in [2.05, 4.69) is 5.32 Å². The van der Waals surface area contributed by atoms with Crippen molar-refractivity contribution in [3.8, 4) is 0 Å². The molecule has 0 aromatic carbocycles. The Balaban J connectivity index is 2.62. The van der Waals surface area contributed by atoms with E-state index in [-0.39, 0.29) is 13.0 Å². The number of aliphatic hydroxyl groups is 2. The number of rotatable bonds is 6. The Morgan fingerprint density at radius 1 is 1.29 bits per heavy atom. The van der Waals surface area contributed by atoms with Crippen molar-refractivity contribution in [3.05, 3.63) is 0 Å². The summed E-state index contributed by atoms with van der Waals surface area (Å²) in [7, 11) is -4.05. The standard InChI is InChI=1S/C9H20N2O5S/c12-7-6-11(4-2-10-3-5-11)9(13)1-8-17(14,15)16/h9-10,12-13H,1-8H2/p+1. The lowest BCUT2D eigenvalue weighted by molar-refractivity contribution is -0.972. The topological polar surface area (TPSA) is 107 Å². The van der Waals surface area contributed by atoms with E-state index in [9.17, 15) is 13.5 Å². The maximum Gasteiger partial charge on any atom is 0.265 e. The molecule has 1 aliphatic heterocycles. The van der Waals surface area contributed by atoms with Gasteiger partial charge in [0.15, 0.2) is 6.23 Å². The molecule has 1 atom stereocenters. The van der Waals surface area contributed by atoms with Crippen molar-refractivity contribution in [2.45, 2.75) is 12.6 Å². The van der Waals surface area contributed by atoms with Gasteiger partial charge < -0.3 is 15.5 Å². The second-order valence-electron chi connectivity index (χ2n) is 4.42. The van der Waals surface area contributed by atoms with Crippen LogP contribution >= 0.6 is 0 Å². The summed E-state index contributed by atoms with van der Waals surface area (Å²) in [6.07, 6.45) is -0.884. The van der Waals surface area contributed by atoms with Crippen LogP contribution in [0.4, 0.5) is 0 Å². The highest BCUT2D eigenvalue weighted by Gasteiger charge is 2.37. The molecule has 0 amide bonds.